The Morgan fingerprint density at radius 3 is 2.43 bits per heavy atom. The van der Waals surface area contributed by atoms with Crippen molar-refractivity contribution in [1.29, 1.82) is 0 Å². The van der Waals surface area contributed by atoms with E-state index in [1.807, 2.05) is 40.8 Å². The van der Waals surface area contributed by atoms with Gasteiger partial charge in [0, 0.05) is 30.7 Å². The number of carbonyl (C=O) groups is 1. The van der Waals surface area contributed by atoms with E-state index in [1.165, 1.54) is 0 Å². The highest BCUT2D eigenvalue weighted by molar-refractivity contribution is 9.10. The number of halogens is 1. The molecule has 0 N–H and O–H groups in total. The van der Waals surface area contributed by atoms with E-state index in [4.69, 9.17) is 0 Å². The molecule has 0 saturated carbocycles. The molecule has 1 saturated heterocycles. The second-order valence-electron chi connectivity index (χ2n) is 5.76. The van der Waals surface area contributed by atoms with Gasteiger partial charge in [0.1, 0.15) is 0 Å². The molecule has 2 heterocycles. The summed E-state index contributed by atoms with van der Waals surface area (Å²) in [5.74, 6) is 0.0848. The molecule has 1 aliphatic rings. The van der Waals surface area contributed by atoms with E-state index < -0.39 is 0 Å². The minimum absolute atomic E-state index is 0.0848. The maximum absolute atomic E-state index is 12.8. The number of rotatable bonds is 3. The highest BCUT2D eigenvalue weighted by Crippen LogP contribution is 2.19. The Morgan fingerprint density at radius 2 is 1.83 bits per heavy atom. The Morgan fingerprint density at radius 1 is 1.17 bits per heavy atom. The maximum atomic E-state index is 12.8. The molecule has 1 aromatic carbocycles. The molecule has 6 heteroatoms. The van der Waals surface area contributed by atoms with Gasteiger partial charge in [-0.25, -0.2) is 4.68 Å². The first-order chi connectivity index (χ1) is 11.1. The monoisotopic (exact) mass is 376 g/mol. The van der Waals surface area contributed by atoms with Crippen LogP contribution in [0, 0.1) is 6.92 Å². The normalized spacial score (nSPS) is 15.9. The fourth-order valence-corrected chi connectivity index (χ4v) is 3.16. The average molecular weight is 377 g/mol. The van der Waals surface area contributed by atoms with Gasteiger partial charge in [0.15, 0.2) is 0 Å². The molecule has 0 radical (unpaired) electrons. The summed E-state index contributed by atoms with van der Waals surface area (Å²) in [5.41, 5.74) is 2.54. The number of benzene rings is 1. The number of likely N-dealkylation sites (N-methyl/N-ethyl adjacent to an activating group) is 1. The van der Waals surface area contributed by atoms with Crippen LogP contribution in [0.2, 0.25) is 0 Å². The molecule has 0 bridgehead atoms. The zero-order chi connectivity index (χ0) is 16.4. The summed E-state index contributed by atoms with van der Waals surface area (Å²) in [6.07, 6.45) is 1.69. The van der Waals surface area contributed by atoms with Crippen molar-refractivity contribution in [3.8, 4) is 5.69 Å². The van der Waals surface area contributed by atoms with E-state index in [1.54, 1.807) is 6.20 Å². The van der Waals surface area contributed by atoms with Crippen LogP contribution in [0.4, 0.5) is 0 Å². The molecule has 0 spiro atoms. The number of piperazine rings is 1. The van der Waals surface area contributed by atoms with Crippen molar-refractivity contribution in [2.45, 2.75) is 13.8 Å². The molecule has 1 aromatic heterocycles. The smallest absolute Gasteiger partial charge is 0.257 e. The minimum atomic E-state index is 0.0848. The standard InChI is InChI=1S/C17H21BrN4O/c1-3-20-8-10-21(11-9-20)17(23)16-12-19-22(13(16)2)15-6-4-14(18)5-7-15/h4-7,12H,3,8-11H2,1-2H3. The zero-order valence-electron chi connectivity index (χ0n) is 13.5. The first-order valence-electron chi connectivity index (χ1n) is 7.92. The first kappa shape index (κ1) is 16.2. The molecule has 0 unspecified atom stereocenters. The van der Waals surface area contributed by atoms with Crippen LogP contribution < -0.4 is 0 Å². The second-order valence-corrected chi connectivity index (χ2v) is 6.67. The van der Waals surface area contributed by atoms with Gasteiger partial charge < -0.3 is 9.80 Å². The number of aromatic nitrogens is 2. The summed E-state index contributed by atoms with van der Waals surface area (Å²) in [6.45, 7) is 8.62. The van der Waals surface area contributed by atoms with Gasteiger partial charge in [0.25, 0.3) is 5.91 Å². The van der Waals surface area contributed by atoms with Crippen molar-refractivity contribution >= 4 is 21.8 Å². The third-order valence-corrected chi connectivity index (χ3v) is 4.95. The first-order valence-corrected chi connectivity index (χ1v) is 8.71. The highest BCUT2D eigenvalue weighted by atomic mass is 79.9. The van der Waals surface area contributed by atoms with Crippen LogP contribution >= 0.6 is 15.9 Å². The molecule has 5 nitrogen and oxygen atoms in total. The number of amides is 1. The SMILES string of the molecule is CCN1CCN(C(=O)c2cnn(-c3ccc(Br)cc3)c2C)CC1. The summed E-state index contributed by atoms with van der Waals surface area (Å²) in [6, 6.07) is 7.92. The van der Waals surface area contributed by atoms with E-state index in [2.05, 4.69) is 32.9 Å². The number of hydrogen-bond donors (Lipinski definition) is 0. The number of carbonyl (C=O) groups excluding carboxylic acids is 1. The van der Waals surface area contributed by atoms with Gasteiger partial charge in [-0.2, -0.15) is 5.10 Å². The Hall–Kier alpha value is -1.66. The van der Waals surface area contributed by atoms with Crippen molar-refractivity contribution in [2.75, 3.05) is 32.7 Å². The average Bonchev–Trinajstić information content (AvgIpc) is 2.96. The quantitative estimate of drug-likeness (QED) is 0.826. The van der Waals surface area contributed by atoms with Gasteiger partial charge in [-0.05, 0) is 37.7 Å². The van der Waals surface area contributed by atoms with E-state index in [9.17, 15) is 4.79 Å². The van der Waals surface area contributed by atoms with Crippen molar-refractivity contribution in [2.24, 2.45) is 0 Å². The molecule has 1 amide bonds. The maximum Gasteiger partial charge on any atom is 0.257 e. The minimum Gasteiger partial charge on any atom is -0.336 e. The lowest BCUT2D eigenvalue weighted by Crippen LogP contribution is -2.48. The van der Waals surface area contributed by atoms with Gasteiger partial charge in [0.2, 0.25) is 0 Å². The van der Waals surface area contributed by atoms with E-state index >= 15 is 0 Å². The zero-order valence-corrected chi connectivity index (χ0v) is 15.1. The largest absolute Gasteiger partial charge is 0.336 e. The Balaban J connectivity index is 1.79. The molecular formula is C17H21BrN4O. The van der Waals surface area contributed by atoms with Crippen LogP contribution in [0.5, 0.6) is 0 Å². The molecule has 23 heavy (non-hydrogen) atoms. The van der Waals surface area contributed by atoms with Crippen LogP contribution in [0.3, 0.4) is 0 Å². The Bertz CT molecular complexity index is 687. The summed E-state index contributed by atoms with van der Waals surface area (Å²) < 4.78 is 2.85. The Kier molecular flexibility index (Phi) is 4.82. The van der Waals surface area contributed by atoms with Crippen molar-refractivity contribution in [3.63, 3.8) is 0 Å². The summed E-state index contributed by atoms with van der Waals surface area (Å²) in [7, 11) is 0. The van der Waals surface area contributed by atoms with Gasteiger partial charge in [-0.3, -0.25) is 4.79 Å². The lowest BCUT2D eigenvalue weighted by Gasteiger charge is -2.34. The van der Waals surface area contributed by atoms with Crippen LogP contribution in [0.25, 0.3) is 5.69 Å². The molecule has 0 aliphatic carbocycles. The van der Waals surface area contributed by atoms with Gasteiger partial charge >= 0.3 is 0 Å². The van der Waals surface area contributed by atoms with Gasteiger partial charge in [-0.15, -0.1) is 0 Å². The molecular weight excluding hydrogens is 356 g/mol. The number of nitrogens with zero attached hydrogens (tertiary/aromatic N) is 4. The van der Waals surface area contributed by atoms with Crippen LogP contribution in [-0.2, 0) is 0 Å². The molecule has 1 fully saturated rings. The van der Waals surface area contributed by atoms with Crippen molar-refractivity contribution in [1.82, 2.24) is 19.6 Å². The third-order valence-electron chi connectivity index (χ3n) is 4.42. The predicted molar refractivity (Wildman–Crippen MR) is 94.0 cm³/mol. The lowest BCUT2D eigenvalue weighted by atomic mass is 10.2. The van der Waals surface area contributed by atoms with Gasteiger partial charge in [0.05, 0.1) is 23.1 Å². The third kappa shape index (κ3) is 3.33. The topological polar surface area (TPSA) is 41.4 Å². The second kappa shape index (κ2) is 6.84. The number of hydrogen-bond acceptors (Lipinski definition) is 3. The van der Waals surface area contributed by atoms with E-state index in [0.717, 1.165) is 48.6 Å². The van der Waals surface area contributed by atoms with Gasteiger partial charge in [-0.1, -0.05) is 22.9 Å². The van der Waals surface area contributed by atoms with Crippen molar-refractivity contribution < 1.29 is 4.79 Å². The van der Waals surface area contributed by atoms with Crippen molar-refractivity contribution in [3.05, 3.63) is 46.2 Å². The molecule has 0 atom stereocenters. The van der Waals surface area contributed by atoms with E-state index in [-0.39, 0.29) is 5.91 Å². The molecule has 3 rings (SSSR count). The Labute approximate surface area is 145 Å². The fraction of sp³-hybridized carbons (Fsp3) is 0.412. The predicted octanol–water partition coefficient (Wildman–Crippen LogP) is 2.72. The molecule has 1 aliphatic heterocycles. The van der Waals surface area contributed by atoms with Crippen LogP contribution in [0.15, 0.2) is 34.9 Å². The van der Waals surface area contributed by atoms with Crippen LogP contribution in [0.1, 0.15) is 23.0 Å². The summed E-state index contributed by atoms with van der Waals surface area (Å²) >= 11 is 3.43. The molecule has 2 aromatic rings. The molecule has 122 valence electrons. The fourth-order valence-electron chi connectivity index (χ4n) is 2.90. The lowest BCUT2D eigenvalue weighted by molar-refractivity contribution is 0.0642. The summed E-state index contributed by atoms with van der Waals surface area (Å²) in [5, 5.41) is 4.41. The van der Waals surface area contributed by atoms with E-state index in [0.29, 0.717) is 5.56 Å². The summed E-state index contributed by atoms with van der Waals surface area (Å²) in [4.78, 5) is 17.1. The van der Waals surface area contributed by atoms with Crippen LogP contribution in [-0.4, -0.2) is 58.2 Å². The highest BCUT2D eigenvalue weighted by Gasteiger charge is 2.24.